The normalized spacial score (nSPS) is 10.6. The molecule has 2 N–H and O–H groups in total. The zero-order valence-corrected chi connectivity index (χ0v) is 15.8. The van der Waals surface area contributed by atoms with Crippen molar-refractivity contribution in [2.75, 3.05) is 7.11 Å². The van der Waals surface area contributed by atoms with E-state index in [0.29, 0.717) is 11.1 Å². The first-order valence-electron chi connectivity index (χ1n) is 8.74. The van der Waals surface area contributed by atoms with Crippen LogP contribution in [0.25, 0.3) is 0 Å². The highest BCUT2D eigenvalue weighted by molar-refractivity contribution is 5.95. The number of carbonyl (C=O) groups excluding carboxylic acids is 2. The van der Waals surface area contributed by atoms with Crippen molar-refractivity contribution in [3.8, 4) is 17.2 Å². The SMILES string of the molecule is COc1cc(/C=N/NC(=O)c2ccc(O)cc2)ccc1OC(=O)c1ccc(F)cc1. The van der Waals surface area contributed by atoms with Crippen molar-refractivity contribution in [2.45, 2.75) is 0 Å². The number of amides is 1. The number of nitrogens with one attached hydrogen (secondary N) is 1. The molecule has 3 aromatic rings. The first-order valence-corrected chi connectivity index (χ1v) is 8.74. The Balaban J connectivity index is 1.66. The Labute approximate surface area is 171 Å². The Hall–Kier alpha value is -4.20. The van der Waals surface area contributed by atoms with Crippen LogP contribution in [0.2, 0.25) is 0 Å². The van der Waals surface area contributed by atoms with E-state index in [4.69, 9.17) is 9.47 Å². The summed E-state index contributed by atoms with van der Waals surface area (Å²) in [5.74, 6) is -1.04. The van der Waals surface area contributed by atoms with Gasteiger partial charge in [-0.15, -0.1) is 0 Å². The quantitative estimate of drug-likeness (QED) is 0.282. The number of phenolic OH excluding ortho intramolecular Hbond substituents is 1. The van der Waals surface area contributed by atoms with Crippen LogP contribution in [0.4, 0.5) is 4.39 Å². The van der Waals surface area contributed by atoms with Crippen LogP contribution in [-0.2, 0) is 0 Å². The number of rotatable bonds is 6. The summed E-state index contributed by atoms with van der Waals surface area (Å²) < 4.78 is 23.5. The monoisotopic (exact) mass is 408 g/mol. The third-order valence-electron chi connectivity index (χ3n) is 3.98. The number of carbonyl (C=O) groups is 2. The molecule has 0 saturated heterocycles. The number of halogens is 1. The van der Waals surface area contributed by atoms with Gasteiger partial charge in [0.05, 0.1) is 18.9 Å². The van der Waals surface area contributed by atoms with E-state index in [1.54, 1.807) is 12.1 Å². The van der Waals surface area contributed by atoms with Crippen LogP contribution >= 0.6 is 0 Å². The molecule has 0 aliphatic carbocycles. The number of aromatic hydroxyl groups is 1. The average molecular weight is 408 g/mol. The van der Waals surface area contributed by atoms with Crippen LogP contribution < -0.4 is 14.9 Å². The molecule has 0 unspecified atom stereocenters. The second-order valence-corrected chi connectivity index (χ2v) is 6.05. The number of nitrogens with zero attached hydrogens (tertiary/aromatic N) is 1. The molecule has 0 spiro atoms. The van der Waals surface area contributed by atoms with Gasteiger partial charge in [0.15, 0.2) is 11.5 Å². The van der Waals surface area contributed by atoms with Crippen LogP contribution in [0, 0.1) is 5.82 Å². The number of methoxy groups -OCH3 is 1. The minimum Gasteiger partial charge on any atom is -0.508 e. The van der Waals surface area contributed by atoms with Gasteiger partial charge in [-0.3, -0.25) is 4.79 Å². The van der Waals surface area contributed by atoms with Crippen molar-refractivity contribution in [3.05, 3.63) is 89.2 Å². The second kappa shape index (κ2) is 9.33. The Morgan fingerprint density at radius 3 is 2.30 bits per heavy atom. The van der Waals surface area contributed by atoms with Crippen molar-refractivity contribution < 1.29 is 28.6 Å². The van der Waals surface area contributed by atoms with Crippen molar-refractivity contribution in [1.29, 1.82) is 0 Å². The summed E-state index contributed by atoms with van der Waals surface area (Å²) in [5, 5.41) is 13.1. The van der Waals surface area contributed by atoms with E-state index in [2.05, 4.69) is 10.5 Å². The molecule has 0 aliphatic rings. The lowest BCUT2D eigenvalue weighted by Crippen LogP contribution is -2.17. The van der Waals surface area contributed by atoms with Gasteiger partial charge in [-0.25, -0.2) is 14.6 Å². The fourth-order valence-electron chi connectivity index (χ4n) is 2.44. The molecular weight excluding hydrogens is 391 g/mol. The molecule has 0 radical (unpaired) electrons. The molecule has 152 valence electrons. The standard InChI is InChI=1S/C22H17FN2O5/c1-29-20-12-14(13-24-25-21(27)15-5-9-18(26)10-6-15)2-11-19(20)30-22(28)16-3-7-17(23)8-4-16/h2-13,26H,1H3,(H,25,27)/b24-13+. The number of phenols is 1. The summed E-state index contributed by atoms with van der Waals surface area (Å²) in [6.45, 7) is 0. The van der Waals surface area contributed by atoms with Crippen molar-refractivity contribution in [2.24, 2.45) is 5.10 Å². The molecule has 30 heavy (non-hydrogen) atoms. The number of benzene rings is 3. The lowest BCUT2D eigenvalue weighted by molar-refractivity contribution is 0.0729. The van der Waals surface area contributed by atoms with Crippen LogP contribution in [-0.4, -0.2) is 30.3 Å². The highest BCUT2D eigenvalue weighted by Crippen LogP contribution is 2.28. The summed E-state index contributed by atoms with van der Waals surface area (Å²) in [5.41, 5.74) is 3.49. The smallest absolute Gasteiger partial charge is 0.343 e. The number of hydrogen-bond acceptors (Lipinski definition) is 6. The van der Waals surface area contributed by atoms with Gasteiger partial charge >= 0.3 is 5.97 Å². The molecule has 3 aromatic carbocycles. The molecule has 8 heteroatoms. The number of hydrazone groups is 1. The lowest BCUT2D eigenvalue weighted by Gasteiger charge is -2.10. The minimum absolute atomic E-state index is 0.0577. The third-order valence-corrected chi connectivity index (χ3v) is 3.98. The fraction of sp³-hybridized carbons (Fsp3) is 0.0455. The molecular formula is C22H17FN2O5. The predicted octanol–water partition coefficient (Wildman–Crippen LogP) is 3.52. The van der Waals surface area contributed by atoms with Gasteiger partial charge < -0.3 is 14.6 Å². The van der Waals surface area contributed by atoms with E-state index >= 15 is 0 Å². The van der Waals surface area contributed by atoms with E-state index in [9.17, 15) is 19.1 Å². The zero-order valence-electron chi connectivity index (χ0n) is 15.8. The molecule has 1 amide bonds. The highest BCUT2D eigenvalue weighted by Gasteiger charge is 2.13. The van der Waals surface area contributed by atoms with Gasteiger partial charge in [-0.05, 0) is 72.3 Å². The summed E-state index contributed by atoms with van der Waals surface area (Å²) in [6, 6.07) is 15.4. The van der Waals surface area contributed by atoms with Crippen LogP contribution in [0.1, 0.15) is 26.3 Å². The predicted molar refractivity (Wildman–Crippen MR) is 108 cm³/mol. The average Bonchev–Trinajstić information content (AvgIpc) is 2.75. The van der Waals surface area contributed by atoms with Crippen LogP contribution in [0.15, 0.2) is 71.8 Å². The maximum atomic E-state index is 13.0. The van der Waals surface area contributed by atoms with Gasteiger partial charge in [0.25, 0.3) is 5.91 Å². The molecule has 0 aliphatic heterocycles. The molecule has 7 nitrogen and oxygen atoms in total. The molecule has 0 saturated carbocycles. The Morgan fingerprint density at radius 2 is 1.63 bits per heavy atom. The summed E-state index contributed by atoms with van der Waals surface area (Å²) in [4.78, 5) is 24.2. The number of hydrogen-bond donors (Lipinski definition) is 2. The number of esters is 1. The van der Waals surface area contributed by atoms with E-state index in [0.717, 1.165) is 0 Å². The Bertz CT molecular complexity index is 1080. The van der Waals surface area contributed by atoms with Gasteiger partial charge in [0.1, 0.15) is 11.6 Å². The molecule has 3 rings (SSSR count). The maximum Gasteiger partial charge on any atom is 0.343 e. The summed E-state index contributed by atoms with van der Waals surface area (Å²) >= 11 is 0. The lowest BCUT2D eigenvalue weighted by atomic mass is 10.2. The van der Waals surface area contributed by atoms with Gasteiger partial charge in [-0.2, -0.15) is 5.10 Å². The largest absolute Gasteiger partial charge is 0.508 e. The maximum absolute atomic E-state index is 13.0. The van der Waals surface area contributed by atoms with Gasteiger partial charge in [0.2, 0.25) is 0 Å². The molecule has 0 aromatic heterocycles. The number of ether oxygens (including phenoxy) is 2. The van der Waals surface area contributed by atoms with E-state index in [1.165, 1.54) is 67.9 Å². The van der Waals surface area contributed by atoms with E-state index in [1.807, 2.05) is 0 Å². The Morgan fingerprint density at radius 1 is 0.967 bits per heavy atom. The molecule has 0 fully saturated rings. The molecule has 0 atom stereocenters. The molecule has 0 bridgehead atoms. The van der Waals surface area contributed by atoms with E-state index in [-0.39, 0.29) is 22.8 Å². The Kier molecular flexibility index (Phi) is 6.39. The summed E-state index contributed by atoms with van der Waals surface area (Å²) in [7, 11) is 1.41. The van der Waals surface area contributed by atoms with Crippen molar-refractivity contribution in [3.63, 3.8) is 0 Å². The van der Waals surface area contributed by atoms with Gasteiger partial charge in [-0.1, -0.05) is 0 Å². The first-order chi connectivity index (χ1) is 14.5. The first kappa shape index (κ1) is 20.5. The third kappa shape index (κ3) is 5.20. The van der Waals surface area contributed by atoms with Crippen LogP contribution in [0.5, 0.6) is 17.2 Å². The fourth-order valence-corrected chi connectivity index (χ4v) is 2.44. The van der Waals surface area contributed by atoms with Crippen molar-refractivity contribution >= 4 is 18.1 Å². The molecule has 0 heterocycles. The second-order valence-electron chi connectivity index (χ2n) is 6.05. The van der Waals surface area contributed by atoms with Gasteiger partial charge in [0, 0.05) is 5.56 Å². The van der Waals surface area contributed by atoms with Crippen LogP contribution in [0.3, 0.4) is 0 Å². The highest BCUT2D eigenvalue weighted by atomic mass is 19.1. The zero-order chi connectivity index (χ0) is 21.5. The minimum atomic E-state index is -0.657. The van der Waals surface area contributed by atoms with Crippen molar-refractivity contribution in [1.82, 2.24) is 5.43 Å². The topological polar surface area (TPSA) is 97.2 Å². The summed E-state index contributed by atoms with van der Waals surface area (Å²) in [6.07, 6.45) is 1.40. The van der Waals surface area contributed by atoms with E-state index < -0.39 is 17.7 Å².